The Bertz CT molecular complexity index is 3280. The lowest BCUT2D eigenvalue weighted by molar-refractivity contribution is -0.721. The minimum absolute atomic E-state index is 0.00638. The van der Waals surface area contributed by atoms with Crippen LogP contribution in [0.25, 0.3) is 34.0 Å². The minimum Gasteiger partial charge on any atom is -0.489 e. The van der Waals surface area contributed by atoms with E-state index in [0.717, 1.165) is 24.5 Å². The fourth-order valence-electron chi connectivity index (χ4n) is 7.84. The molecule has 0 amide bonds. The zero-order chi connectivity index (χ0) is 66.0. The van der Waals surface area contributed by atoms with E-state index in [4.69, 9.17) is 37.7 Å². The van der Waals surface area contributed by atoms with Crippen molar-refractivity contribution in [2.75, 3.05) is 40.6 Å². The van der Waals surface area contributed by atoms with Crippen molar-refractivity contribution >= 4 is 56.6 Å². The molecule has 1 N–H and O–H groups in total. The van der Waals surface area contributed by atoms with Gasteiger partial charge in [-0.1, -0.05) is 45.3 Å². The number of hydrogen-bond donors (Lipinski definition) is 1. The van der Waals surface area contributed by atoms with Crippen molar-refractivity contribution < 1.29 is 87.0 Å². The Kier molecular flexibility index (Phi) is 24.2. The van der Waals surface area contributed by atoms with Crippen LogP contribution in [0.3, 0.4) is 0 Å². The topological polar surface area (TPSA) is 171 Å². The molecule has 482 valence electrons. The number of alkyl halides is 6. The molecule has 2 aromatic carbocycles. The van der Waals surface area contributed by atoms with E-state index < -0.39 is 92.6 Å². The smallest absolute Gasteiger partial charge is 0.489 e. The summed E-state index contributed by atoms with van der Waals surface area (Å²) in [5.74, 6) is -1.67. The van der Waals surface area contributed by atoms with Crippen molar-refractivity contribution in [2.45, 2.75) is 144 Å². The Morgan fingerprint density at radius 2 is 1.20 bits per heavy atom. The summed E-state index contributed by atoms with van der Waals surface area (Å²) in [4.78, 5) is 38.1. The highest BCUT2D eigenvalue weighted by Crippen LogP contribution is 2.38. The number of ether oxygens (including phenoxy) is 6. The third-order valence-electron chi connectivity index (χ3n) is 14.0. The van der Waals surface area contributed by atoms with Gasteiger partial charge in [0.2, 0.25) is 5.69 Å². The van der Waals surface area contributed by atoms with Gasteiger partial charge in [0, 0.05) is 59.1 Å². The van der Waals surface area contributed by atoms with Crippen molar-refractivity contribution in [3.63, 3.8) is 0 Å². The molecule has 7 rings (SSSR count). The summed E-state index contributed by atoms with van der Waals surface area (Å²) in [6, 6.07) is 17.2. The number of aromatic amines is 1. The normalized spacial score (nSPS) is 14.4. The van der Waals surface area contributed by atoms with Gasteiger partial charge in [-0.3, -0.25) is 14.6 Å². The van der Waals surface area contributed by atoms with Crippen LogP contribution in [0.2, 0.25) is 51.4 Å². The maximum Gasteiger partial charge on any atom is 0.494 e. The Labute approximate surface area is 519 Å². The molecule has 88 heavy (non-hydrogen) atoms. The van der Waals surface area contributed by atoms with Crippen LogP contribution < -0.4 is 19.5 Å². The van der Waals surface area contributed by atoms with Gasteiger partial charge in [-0.25, -0.2) is 28.3 Å². The van der Waals surface area contributed by atoms with Gasteiger partial charge in [0.1, 0.15) is 36.6 Å². The maximum atomic E-state index is 14.7. The third kappa shape index (κ3) is 20.8. The fraction of sp³-hybridized carbons (Fsp3) is 0.500. The van der Waals surface area contributed by atoms with Crippen LogP contribution in [-0.2, 0) is 63.7 Å². The molecule has 0 aliphatic carbocycles. The molecule has 16 nitrogen and oxygen atoms in total. The lowest BCUT2D eigenvalue weighted by Crippen LogP contribution is -2.41. The van der Waals surface area contributed by atoms with Crippen LogP contribution in [0.5, 0.6) is 11.5 Å². The molecule has 0 spiro atoms. The summed E-state index contributed by atoms with van der Waals surface area (Å²) < 4.78 is 155. The van der Waals surface area contributed by atoms with Crippen LogP contribution in [0.15, 0.2) is 90.1 Å². The number of hydrogen-bond acceptors (Lipinski definition) is 13. The van der Waals surface area contributed by atoms with Crippen LogP contribution >= 0.6 is 15.9 Å². The van der Waals surface area contributed by atoms with E-state index >= 15 is 0 Å². The Hall–Kier alpha value is -6.04. The average molecular weight is 1340 g/mol. The standard InChI is InChI=1S/C27H33F4N3O4Si.C18H26BFO5.C15H19BrF3N3OSi/c1-26(2,25(35)36-3)16-38-22-10-8-18(13-20(22)28)21-9-7-19(14-32-21)24-33-23(27(29,30)31)15-34(24)17-37-11-12-39(4,5)6;1-16(2,15(21)22-7)11-23-14-9-8-12(10-13(14)20)19-24-17(3,4)18(5,6)25-19;1-24(2,3)7-6-23-10-22-9-12(15(17,18)19)21-14(22)11-4-5-13(16)20-8-11/h7-10,13-15H,11-12,16-17H2,1-6H3;8-10H,11H2,1-7H3;4-5,8-9H,6-7,10H2,1-3H3/p+1. The largest absolute Gasteiger partial charge is 0.494 e. The lowest BCUT2D eigenvalue weighted by Gasteiger charge is -2.32. The number of halogens is 9. The Morgan fingerprint density at radius 3 is 1.67 bits per heavy atom. The van der Waals surface area contributed by atoms with E-state index in [9.17, 15) is 44.7 Å². The quantitative estimate of drug-likeness (QED) is 0.0170. The molecular weight excluding hydrogens is 1260 g/mol. The molecule has 4 aromatic heterocycles. The predicted molar refractivity (Wildman–Crippen MR) is 326 cm³/mol. The number of aromatic nitrogens is 6. The molecule has 5 heterocycles. The second kappa shape index (κ2) is 29.3. The summed E-state index contributed by atoms with van der Waals surface area (Å²) in [6.07, 6.45) is -4.20. The number of methoxy groups -OCH3 is 2. The van der Waals surface area contributed by atoms with Gasteiger partial charge in [-0.05, 0) is 143 Å². The van der Waals surface area contributed by atoms with Crippen molar-refractivity contribution in [3.8, 4) is 45.5 Å². The second-order valence-electron chi connectivity index (χ2n) is 25.7. The van der Waals surface area contributed by atoms with E-state index in [1.54, 1.807) is 64.1 Å². The van der Waals surface area contributed by atoms with Crippen LogP contribution in [0.1, 0.15) is 66.8 Å². The van der Waals surface area contributed by atoms with Gasteiger partial charge < -0.3 is 42.3 Å². The summed E-state index contributed by atoms with van der Waals surface area (Å²) in [7, 11) is -0.660. The second-order valence-corrected chi connectivity index (χ2v) is 37.7. The number of pyridine rings is 2. The summed E-state index contributed by atoms with van der Waals surface area (Å²) in [5, 5.41) is 0. The first kappa shape index (κ1) is 72.7. The van der Waals surface area contributed by atoms with Gasteiger partial charge in [-0.2, -0.15) is 26.3 Å². The average Bonchev–Trinajstić information content (AvgIpc) is 2.47. The highest BCUT2D eigenvalue weighted by molar-refractivity contribution is 9.10. The van der Waals surface area contributed by atoms with Crippen molar-refractivity contribution in [1.29, 1.82) is 0 Å². The van der Waals surface area contributed by atoms with Crippen LogP contribution in [-0.4, -0.2) is 112 Å². The Balaban J connectivity index is 0.000000251. The van der Waals surface area contributed by atoms with Gasteiger partial charge >= 0.3 is 31.4 Å². The lowest BCUT2D eigenvalue weighted by atomic mass is 9.79. The number of imidazole rings is 2. The number of benzene rings is 2. The highest BCUT2D eigenvalue weighted by Gasteiger charge is 2.52. The minimum atomic E-state index is -4.61. The summed E-state index contributed by atoms with van der Waals surface area (Å²) in [6.45, 7) is 28.5. The summed E-state index contributed by atoms with van der Waals surface area (Å²) in [5.41, 5.74) is -2.32. The van der Waals surface area contributed by atoms with Crippen LogP contribution in [0, 0.1) is 22.5 Å². The van der Waals surface area contributed by atoms with Crippen molar-refractivity contribution in [2.24, 2.45) is 10.8 Å². The molecule has 1 aliphatic heterocycles. The van der Waals surface area contributed by atoms with Crippen molar-refractivity contribution in [3.05, 3.63) is 113 Å². The maximum absolute atomic E-state index is 14.7. The molecule has 28 heteroatoms. The van der Waals surface area contributed by atoms with E-state index in [0.29, 0.717) is 51.5 Å². The molecule has 0 saturated carbocycles. The number of nitrogens with zero attached hydrogens (tertiary/aromatic N) is 5. The highest BCUT2D eigenvalue weighted by atomic mass is 79.9. The molecule has 1 aliphatic rings. The fourth-order valence-corrected chi connectivity index (χ4v) is 9.58. The first-order chi connectivity index (χ1) is 40.6. The molecule has 0 radical (unpaired) electrons. The number of rotatable bonds is 22. The van der Waals surface area contributed by atoms with E-state index in [1.165, 1.54) is 60.0 Å². The Morgan fingerprint density at radius 1 is 0.693 bits per heavy atom. The molecule has 0 atom stereocenters. The monoisotopic (exact) mass is 1340 g/mol. The molecule has 0 bridgehead atoms. The van der Waals surface area contributed by atoms with E-state index in [2.05, 4.69) is 75.1 Å². The van der Waals surface area contributed by atoms with Gasteiger partial charge in [0.25, 0.3) is 5.82 Å². The van der Waals surface area contributed by atoms with Crippen molar-refractivity contribution in [1.82, 2.24) is 24.5 Å². The third-order valence-corrected chi connectivity index (χ3v) is 17.9. The molecule has 6 aromatic rings. The molecular formula is C60H79BBrF8N6O10Si2+. The number of esters is 2. The zero-order valence-electron chi connectivity index (χ0n) is 52.5. The van der Waals surface area contributed by atoms with E-state index in [1.807, 2.05) is 27.7 Å². The van der Waals surface area contributed by atoms with E-state index in [-0.39, 0.29) is 44.0 Å². The number of carbonyl (C=O) groups is 2. The molecule has 0 unspecified atom stereocenters. The predicted octanol–water partition coefficient (Wildman–Crippen LogP) is 13.8. The summed E-state index contributed by atoms with van der Waals surface area (Å²) >= 11 is 3.21. The van der Waals surface area contributed by atoms with Crippen LogP contribution in [0.4, 0.5) is 35.1 Å². The molecule has 1 saturated heterocycles. The number of carbonyl (C=O) groups excluding carboxylic acids is 2. The first-order valence-corrected chi connectivity index (χ1v) is 36.2. The number of H-pyrrole nitrogens is 1. The SMILES string of the molecule is COC(=O)C(C)(C)COc1ccc(-c2ccc(-c3nc(C(F)(F)F)cn3COCC[Si](C)(C)C)cn2)cc1F.COC(=O)C(C)(C)COc1ccc(B2OC(C)(C)C(C)(C)O2)cc1F.C[Si](C)(C)CCOC[n+]1cc(C(F)(F)F)[nH]c1-c1ccc(Br)nc1. The first-order valence-electron chi connectivity index (χ1n) is 28.0. The van der Waals surface area contributed by atoms with Gasteiger partial charge in [0.05, 0.1) is 47.5 Å². The van der Waals surface area contributed by atoms with Gasteiger partial charge in [0.15, 0.2) is 35.6 Å². The zero-order valence-corrected chi connectivity index (χ0v) is 56.1. The van der Waals surface area contributed by atoms with Gasteiger partial charge in [-0.15, -0.1) is 0 Å². The number of nitrogens with one attached hydrogen (secondary N) is 1. The molecule has 1 fully saturated rings.